The van der Waals surface area contributed by atoms with Gasteiger partial charge in [-0.05, 0) is 31.0 Å². The van der Waals surface area contributed by atoms with Crippen molar-refractivity contribution in [2.75, 3.05) is 30.4 Å². The van der Waals surface area contributed by atoms with Gasteiger partial charge in [-0.15, -0.1) is 0 Å². The molecule has 0 bridgehead atoms. The summed E-state index contributed by atoms with van der Waals surface area (Å²) in [5, 5.41) is 2.99. The van der Waals surface area contributed by atoms with Gasteiger partial charge >= 0.3 is 0 Å². The SMILES string of the molecule is CCC(CC)C(=O)Nc1ccc2c(c1)N(C)CCO2. The van der Waals surface area contributed by atoms with Gasteiger partial charge < -0.3 is 15.0 Å². The van der Waals surface area contributed by atoms with E-state index in [1.807, 2.05) is 39.1 Å². The predicted molar refractivity (Wildman–Crippen MR) is 77.9 cm³/mol. The third kappa shape index (κ3) is 3.00. The first kappa shape index (κ1) is 13.7. The van der Waals surface area contributed by atoms with Crippen molar-refractivity contribution in [2.24, 2.45) is 5.92 Å². The summed E-state index contributed by atoms with van der Waals surface area (Å²) in [4.78, 5) is 14.2. The number of nitrogens with zero attached hydrogens (tertiary/aromatic N) is 1. The second-order valence-corrected chi connectivity index (χ2v) is 4.96. The van der Waals surface area contributed by atoms with Crippen LogP contribution in [0.1, 0.15) is 26.7 Å². The van der Waals surface area contributed by atoms with E-state index in [2.05, 4.69) is 10.2 Å². The van der Waals surface area contributed by atoms with E-state index < -0.39 is 0 Å². The average molecular weight is 262 g/mol. The molecule has 1 heterocycles. The molecule has 0 radical (unpaired) electrons. The van der Waals surface area contributed by atoms with Gasteiger partial charge in [0.25, 0.3) is 0 Å². The van der Waals surface area contributed by atoms with E-state index in [4.69, 9.17) is 4.74 Å². The van der Waals surface area contributed by atoms with E-state index in [9.17, 15) is 4.79 Å². The first-order valence-corrected chi connectivity index (χ1v) is 6.94. The van der Waals surface area contributed by atoms with Gasteiger partial charge in [-0.2, -0.15) is 0 Å². The molecular formula is C15H22N2O2. The quantitative estimate of drug-likeness (QED) is 0.907. The average Bonchev–Trinajstić information content (AvgIpc) is 2.41. The highest BCUT2D eigenvalue weighted by molar-refractivity contribution is 5.93. The zero-order valence-corrected chi connectivity index (χ0v) is 11.9. The summed E-state index contributed by atoms with van der Waals surface area (Å²) in [5.74, 6) is 1.07. The van der Waals surface area contributed by atoms with E-state index in [1.165, 1.54) is 0 Å². The van der Waals surface area contributed by atoms with E-state index in [1.54, 1.807) is 0 Å². The van der Waals surface area contributed by atoms with Crippen LogP contribution in [0.25, 0.3) is 0 Å². The molecule has 0 unspecified atom stereocenters. The van der Waals surface area contributed by atoms with Crippen molar-refractivity contribution >= 4 is 17.3 Å². The number of carbonyl (C=O) groups excluding carboxylic acids is 1. The van der Waals surface area contributed by atoms with Crippen molar-refractivity contribution < 1.29 is 9.53 Å². The number of anilines is 2. The van der Waals surface area contributed by atoms with Crippen molar-refractivity contribution in [3.63, 3.8) is 0 Å². The highest BCUT2D eigenvalue weighted by Crippen LogP contribution is 2.33. The van der Waals surface area contributed by atoms with Crippen LogP contribution in [0, 0.1) is 5.92 Å². The number of nitrogens with one attached hydrogen (secondary N) is 1. The van der Waals surface area contributed by atoms with Crippen molar-refractivity contribution in [2.45, 2.75) is 26.7 Å². The third-order valence-electron chi connectivity index (χ3n) is 3.68. The Labute approximate surface area is 114 Å². The van der Waals surface area contributed by atoms with Crippen molar-refractivity contribution in [3.05, 3.63) is 18.2 Å². The smallest absolute Gasteiger partial charge is 0.227 e. The Morgan fingerprint density at radius 1 is 1.42 bits per heavy atom. The first-order chi connectivity index (χ1) is 9.15. The topological polar surface area (TPSA) is 41.6 Å². The fourth-order valence-corrected chi connectivity index (χ4v) is 2.33. The number of likely N-dealkylation sites (N-methyl/N-ethyl adjacent to an activating group) is 1. The molecule has 0 saturated heterocycles. The van der Waals surface area contributed by atoms with Gasteiger partial charge in [0, 0.05) is 18.7 Å². The number of ether oxygens (including phenoxy) is 1. The van der Waals surface area contributed by atoms with Gasteiger partial charge in [0.1, 0.15) is 12.4 Å². The van der Waals surface area contributed by atoms with Gasteiger partial charge in [-0.25, -0.2) is 0 Å². The number of hydrogen-bond donors (Lipinski definition) is 1. The minimum absolute atomic E-state index is 0.0880. The maximum atomic E-state index is 12.1. The fourth-order valence-electron chi connectivity index (χ4n) is 2.33. The number of amides is 1. The molecule has 1 N–H and O–H groups in total. The van der Waals surface area contributed by atoms with Gasteiger partial charge in [-0.3, -0.25) is 4.79 Å². The Morgan fingerprint density at radius 3 is 2.84 bits per heavy atom. The summed E-state index contributed by atoms with van der Waals surface area (Å²) in [6.07, 6.45) is 1.74. The summed E-state index contributed by atoms with van der Waals surface area (Å²) in [7, 11) is 2.04. The molecule has 1 aliphatic heterocycles. The number of rotatable bonds is 4. The lowest BCUT2D eigenvalue weighted by molar-refractivity contribution is -0.120. The van der Waals surface area contributed by atoms with Crippen LogP contribution in [0.5, 0.6) is 5.75 Å². The second-order valence-electron chi connectivity index (χ2n) is 4.96. The minimum atomic E-state index is 0.0880. The third-order valence-corrected chi connectivity index (χ3v) is 3.68. The van der Waals surface area contributed by atoms with Crippen LogP contribution < -0.4 is 15.0 Å². The lowest BCUT2D eigenvalue weighted by atomic mass is 10.0. The summed E-state index contributed by atoms with van der Waals surface area (Å²) >= 11 is 0. The molecule has 4 heteroatoms. The first-order valence-electron chi connectivity index (χ1n) is 6.94. The molecule has 0 atom stereocenters. The van der Waals surface area contributed by atoms with Crippen LogP contribution in [0.2, 0.25) is 0 Å². The standard InChI is InChI=1S/C15H22N2O2/c1-4-11(5-2)15(18)16-12-6-7-14-13(10-12)17(3)8-9-19-14/h6-7,10-11H,4-5,8-9H2,1-3H3,(H,16,18). The molecule has 1 amide bonds. The second kappa shape index (κ2) is 5.95. The van der Waals surface area contributed by atoms with Gasteiger partial charge in [0.15, 0.2) is 0 Å². The summed E-state index contributed by atoms with van der Waals surface area (Å²) in [6, 6.07) is 5.81. The lowest BCUT2D eigenvalue weighted by Crippen LogP contribution is -2.29. The van der Waals surface area contributed by atoms with Crippen molar-refractivity contribution in [1.82, 2.24) is 0 Å². The normalized spacial score (nSPS) is 14.0. The van der Waals surface area contributed by atoms with E-state index in [0.29, 0.717) is 6.61 Å². The van der Waals surface area contributed by atoms with Crippen LogP contribution in [-0.4, -0.2) is 26.1 Å². The molecule has 104 valence electrons. The van der Waals surface area contributed by atoms with Gasteiger partial charge in [0.2, 0.25) is 5.91 Å². The highest BCUT2D eigenvalue weighted by Gasteiger charge is 2.18. The molecular weight excluding hydrogens is 240 g/mol. The monoisotopic (exact) mass is 262 g/mol. The van der Waals surface area contributed by atoms with E-state index in [-0.39, 0.29) is 11.8 Å². The number of hydrogen-bond acceptors (Lipinski definition) is 3. The highest BCUT2D eigenvalue weighted by atomic mass is 16.5. The summed E-state index contributed by atoms with van der Waals surface area (Å²) < 4.78 is 5.59. The summed E-state index contributed by atoms with van der Waals surface area (Å²) in [5.41, 5.74) is 1.88. The maximum absolute atomic E-state index is 12.1. The number of carbonyl (C=O) groups is 1. The van der Waals surface area contributed by atoms with Crippen LogP contribution >= 0.6 is 0 Å². The molecule has 1 aromatic carbocycles. The fraction of sp³-hybridized carbons (Fsp3) is 0.533. The number of fused-ring (bicyclic) bond motifs is 1. The summed E-state index contributed by atoms with van der Waals surface area (Å²) in [6.45, 7) is 5.67. The van der Waals surface area contributed by atoms with Crippen LogP contribution in [0.3, 0.4) is 0 Å². The Morgan fingerprint density at radius 2 is 2.16 bits per heavy atom. The zero-order valence-electron chi connectivity index (χ0n) is 11.9. The minimum Gasteiger partial charge on any atom is -0.490 e. The zero-order chi connectivity index (χ0) is 13.8. The van der Waals surface area contributed by atoms with E-state index in [0.717, 1.165) is 36.5 Å². The molecule has 0 aromatic heterocycles. The molecule has 0 fully saturated rings. The molecule has 4 nitrogen and oxygen atoms in total. The van der Waals surface area contributed by atoms with Crippen molar-refractivity contribution in [3.8, 4) is 5.75 Å². The molecule has 2 rings (SSSR count). The van der Waals surface area contributed by atoms with Gasteiger partial charge in [-0.1, -0.05) is 13.8 Å². The number of benzene rings is 1. The largest absolute Gasteiger partial charge is 0.490 e. The van der Waals surface area contributed by atoms with E-state index >= 15 is 0 Å². The Bertz CT molecular complexity index is 455. The molecule has 0 aliphatic carbocycles. The van der Waals surface area contributed by atoms with Crippen LogP contribution in [0.4, 0.5) is 11.4 Å². The van der Waals surface area contributed by atoms with Crippen molar-refractivity contribution in [1.29, 1.82) is 0 Å². The van der Waals surface area contributed by atoms with Crippen LogP contribution in [-0.2, 0) is 4.79 Å². The molecule has 1 aromatic rings. The lowest BCUT2D eigenvalue weighted by Gasteiger charge is -2.28. The molecule has 0 spiro atoms. The Balaban J connectivity index is 2.14. The molecule has 0 saturated carbocycles. The molecule has 1 aliphatic rings. The predicted octanol–water partition coefficient (Wildman–Crippen LogP) is 2.89. The molecule has 19 heavy (non-hydrogen) atoms. The van der Waals surface area contributed by atoms with Gasteiger partial charge in [0.05, 0.1) is 12.2 Å². The Kier molecular flexibility index (Phi) is 4.30. The van der Waals surface area contributed by atoms with Crippen LogP contribution in [0.15, 0.2) is 18.2 Å². The maximum Gasteiger partial charge on any atom is 0.227 e. The Hall–Kier alpha value is -1.71.